The predicted molar refractivity (Wildman–Crippen MR) is 80.2 cm³/mol. The minimum atomic E-state index is -0.312. The Morgan fingerprint density at radius 1 is 1.29 bits per heavy atom. The van der Waals surface area contributed by atoms with E-state index < -0.39 is 0 Å². The molecule has 0 aliphatic carbocycles. The summed E-state index contributed by atoms with van der Waals surface area (Å²) in [6, 6.07) is 6.77. The molecule has 6 heteroatoms. The van der Waals surface area contributed by atoms with E-state index in [2.05, 4.69) is 20.6 Å². The van der Waals surface area contributed by atoms with E-state index in [1.807, 2.05) is 26.0 Å². The van der Waals surface area contributed by atoms with Crippen LogP contribution in [0.3, 0.4) is 0 Å². The molecule has 0 aliphatic rings. The maximum absolute atomic E-state index is 12.0. The molecule has 0 spiro atoms. The third kappa shape index (κ3) is 4.17. The van der Waals surface area contributed by atoms with E-state index >= 15 is 0 Å². The molecular weight excluding hydrogens is 268 g/mol. The number of ether oxygens (including phenoxy) is 1. The van der Waals surface area contributed by atoms with Crippen LogP contribution in [0, 0.1) is 0 Å². The summed E-state index contributed by atoms with van der Waals surface area (Å²) in [5, 5.41) is 5.60. The second kappa shape index (κ2) is 7.23. The van der Waals surface area contributed by atoms with Crippen molar-refractivity contribution in [3.63, 3.8) is 0 Å². The van der Waals surface area contributed by atoms with Gasteiger partial charge in [-0.15, -0.1) is 0 Å². The van der Waals surface area contributed by atoms with Gasteiger partial charge in [-0.1, -0.05) is 0 Å². The minimum Gasteiger partial charge on any atom is -0.476 e. The van der Waals surface area contributed by atoms with Crippen molar-refractivity contribution in [2.24, 2.45) is 0 Å². The van der Waals surface area contributed by atoms with E-state index in [-0.39, 0.29) is 12.1 Å². The number of amides is 2. The van der Waals surface area contributed by atoms with Gasteiger partial charge in [-0.3, -0.25) is 4.98 Å². The fourth-order valence-corrected chi connectivity index (χ4v) is 1.83. The van der Waals surface area contributed by atoms with Gasteiger partial charge in [0.2, 0.25) is 5.88 Å². The molecule has 21 heavy (non-hydrogen) atoms. The van der Waals surface area contributed by atoms with Crippen LogP contribution in [0.2, 0.25) is 0 Å². The van der Waals surface area contributed by atoms with Crippen molar-refractivity contribution < 1.29 is 9.53 Å². The molecular formula is C15H18N4O2. The second-order valence-electron chi connectivity index (χ2n) is 4.39. The van der Waals surface area contributed by atoms with Gasteiger partial charge in [-0.2, -0.15) is 0 Å². The number of urea groups is 1. The molecule has 0 aromatic carbocycles. The molecule has 1 atom stereocenters. The van der Waals surface area contributed by atoms with Gasteiger partial charge in [0.1, 0.15) is 5.69 Å². The largest absolute Gasteiger partial charge is 0.476 e. The summed E-state index contributed by atoms with van der Waals surface area (Å²) in [4.78, 5) is 20.1. The Bertz CT molecular complexity index is 589. The third-order valence-electron chi connectivity index (χ3n) is 2.85. The zero-order chi connectivity index (χ0) is 15.1. The first kappa shape index (κ1) is 14.8. The number of anilines is 1. The lowest BCUT2D eigenvalue weighted by Crippen LogP contribution is -2.31. The van der Waals surface area contributed by atoms with Crippen LogP contribution in [0.15, 0.2) is 42.9 Å². The smallest absolute Gasteiger partial charge is 0.319 e. The highest BCUT2D eigenvalue weighted by molar-refractivity contribution is 5.90. The van der Waals surface area contributed by atoms with E-state index in [4.69, 9.17) is 4.74 Å². The molecule has 0 saturated carbocycles. The Labute approximate surface area is 123 Å². The Balaban J connectivity index is 1.99. The Kier molecular flexibility index (Phi) is 5.09. The van der Waals surface area contributed by atoms with Crippen molar-refractivity contribution in [3.05, 3.63) is 48.4 Å². The van der Waals surface area contributed by atoms with Crippen LogP contribution in [0.5, 0.6) is 5.88 Å². The van der Waals surface area contributed by atoms with Gasteiger partial charge in [0.25, 0.3) is 0 Å². The summed E-state index contributed by atoms with van der Waals surface area (Å²) in [5.74, 6) is 0.409. The maximum Gasteiger partial charge on any atom is 0.319 e. The molecule has 0 bridgehead atoms. The van der Waals surface area contributed by atoms with Gasteiger partial charge in [0, 0.05) is 18.6 Å². The fourth-order valence-electron chi connectivity index (χ4n) is 1.83. The first-order valence-corrected chi connectivity index (χ1v) is 6.76. The zero-order valence-corrected chi connectivity index (χ0v) is 12.0. The lowest BCUT2D eigenvalue weighted by atomic mass is 10.1. The molecule has 0 radical (unpaired) electrons. The number of nitrogens with zero attached hydrogens (tertiary/aromatic N) is 2. The van der Waals surface area contributed by atoms with Crippen molar-refractivity contribution in [2.75, 3.05) is 11.9 Å². The molecule has 2 aromatic heterocycles. The highest BCUT2D eigenvalue weighted by Crippen LogP contribution is 2.20. The molecule has 0 fully saturated rings. The summed E-state index contributed by atoms with van der Waals surface area (Å²) in [5.41, 5.74) is 1.52. The van der Waals surface area contributed by atoms with Crippen LogP contribution >= 0.6 is 0 Å². The maximum atomic E-state index is 12.0. The molecule has 2 rings (SSSR count). The van der Waals surface area contributed by atoms with Crippen LogP contribution in [-0.2, 0) is 0 Å². The number of hydrogen-bond acceptors (Lipinski definition) is 4. The van der Waals surface area contributed by atoms with E-state index in [1.165, 1.54) is 0 Å². The molecule has 2 heterocycles. The monoisotopic (exact) mass is 286 g/mol. The number of rotatable bonds is 5. The van der Waals surface area contributed by atoms with Gasteiger partial charge in [0.05, 0.1) is 12.6 Å². The standard InChI is InChI=1S/C15H18N4O2/c1-3-21-14-13(5-4-8-17-14)19-15(20)18-11(2)12-6-9-16-10-7-12/h4-11H,3H2,1-2H3,(H2,18,19,20). The SMILES string of the molecule is CCOc1ncccc1NC(=O)NC(C)c1ccncc1. The van der Waals surface area contributed by atoms with Crippen molar-refractivity contribution >= 4 is 11.7 Å². The normalized spacial score (nSPS) is 11.5. The van der Waals surface area contributed by atoms with Gasteiger partial charge in [-0.25, -0.2) is 9.78 Å². The van der Waals surface area contributed by atoms with Crippen LogP contribution in [0.25, 0.3) is 0 Å². The quantitative estimate of drug-likeness (QED) is 0.886. The highest BCUT2D eigenvalue weighted by Gasteiger charge is 2.12. The van der Waals surface area contributed by atoms with Gasteiger partial charge in [-0.05, 0) is 43.7 Å². The van der Waals surface area contributed by atoms with Crippen molar-refractivity contribution in [1.82, 2.24) is 15.3 Å². The summed E-state index contributed by atoms with van der Waals surface area (Å²) < 4.78 is 5.37. The van der Waals surface area contributed by atoms with E-state index in [9.17, 15) is 4.79 Å². The predicted octanol–water partition coefficient (Wildman–Crippen LogP) is 2.76. The highest BCUT2D eigenvalue weighted by atomic mass is 16.5. The van der Waals surface area contributed by atoms with Crippen LogP contribution in [-0.4, -0.2) is 22.6 Å². The summed E-state index contributed by atoms with van der Waals surface area (Å²) in [6.07, 6.45) is 5.01. The number of aromatic nitrogens is 2. The molecule has 2 N–H and O–H groups in total. The minimum absolute atomic E-state index is 0.125. The Hall–Kier alpha value is -2.63. The first-order chi connectivity index (χ1) is 10.2. The van der Waals surface area contributed by atoms with Gasteiger partial charge >= 0.3 is 6.03 Å². The molecule has 1 unspecified atom stereocenters. The van der Waals surface area contributed by atoms with Crippen molar-refractivity contribution in [3.8, 4) is 5.88 Å². The molecule has 2 amide bonds. The summed E-state index contributed by atoms with van der Waals surface area (Å²) >= 11 is 0. The Morgan fingerprint density at radius 3 is 2.76 bits per heavy atom. The average molecular weight is 286 g/mol. The number of carbonyl (C=O) groups is 1. The molecule has 110 valence electrons. The van der Waals surface area contributed by atoms with E-state index in [1.54, 1.807) is 30.7 Å². The fraction of sp³-hybridized carbons (Fsp3) is 0.267. The number of hydrogen-bond donors (Lipinski definition) is 2. The number of carbonyl (C=O) groups excluding carboxylic acids is 1. The van der Waals surface area contributed by atoms with Crippen LogP contribution in [0.4, 0.5) is 10.5 Å². The Morgan fingerprint density at radius 2 is 2.05 bits per heavy atom. The third-order valence-corrected chi connectivity index (χ3v) is 2.85. The topological polar surface area (TPSA) is 76.1 Å². The van der Waals surface area contributed by atoms with Crippen molar-refractivity contribution in [1.29, 1.82) is 0 Å². The molecule has 0 saturated heterocycles. The second-order valence-corrected chi connectivity index (χ2v) is 4.39. The summed E-state index contributed by atoms with van der Waals surface area (Å²) in [7, 11) is 0. The van der Waals surface area contributed by atoms with Crippen LogP contribution < -0.4 is 15.4 Å². The molecule has 0 aliphatic heterocycles. The van der Waals surface area contributed by atoms with E-state index in [0.29, 0.717) is 18.2 Å². The number of pyridine rings is 2. The van der Waals surface area contributed by atoms with Gasteiger partial charge in [0.15, 0.2) is 0 Å². The van der Waals surface area contributed by atoms with E-state index in [0.717, 1.165) is 5.56 Å². The first-order valence-electron chi connectivity index (χ1n) is 6.76. The number of nitrogens with one attached hydrogen (secondary N) is 2. The van der Waals surface area contributed by atoms with Gasteiger partial charge < -0.3 is 15.4 Å². The average Bonchev–Trinajstić information content (AvgIpc) is 2.50. The lowest BCUT2D eigenvalue weighted by Gasteiger charge is -2.15. The zero-order valence-electron chi connectivity index (χ0n) is 12.0. The molecule has 6 nitrogen and oxygen atoms in total. The summed E-state index contributed by atoms with van der Waals surface area (Å²) in [6.45, 7) is 4.26. The van der Waals surface area contributed by atoms with Crippen LogP contribution in [0.1, 0.15) is 25.5 Å². The van der Waals surface area contributed by atoms with Crippen molar-refractivity contribution in [2.45, 2.75) is 19.9 Å². The molecule has 2 aromatic rings. The lowest BCUT2D eigenvalue weighted by molar-refractivity contribution is 0.249.